The summed E-state index contributed by atoms with van der Waals surface area (Å²) in [5.74, 6) is -6.48. The highest BCUT2D eigenvalue weighted by Gasteiger charge is 2.67. The molecular weight excluding hydrogens is 472 g/mol. The van der Waals surface area contributed by atoms with Gasteiger partial charge in [0.05, 0.1) is 5.92 Å². The van der Waals surface area contributed by atoms with E-state index in [-0.39, 0.29) is 72.5 Å². The van der Waals surface area contributed by atoms with Gasteiger partial charge in [-0.2, -0.15) is 0 Å². The fourth-order valence-electron chi connectivity index (χ4n) is 5.90. The lowest BCUT2D eigenvalue weighted by Gasteiger charge is -2.48. The quantitative estimate of drug-likeness (QED) is 0.169. The number of carboxylic acid groups (broad SMARTS) is 3. The van der Waals surface area contributed by atoms with E-state index in [4.69, 9.17) is 0 Å². The highest BCUT2D eigenvalue weighted by Crippen LogP contribution is 2.52. The van der Waals surface area contributed by atoms with E-state index in [1.165, 1.54) is 0 Å². The van der Waals surface area contributed by atoms with Crippen LogP contribution in [0.4, 0.5) is 0 Å². The minimum Gasteiger partial charge on any atom is -0.481 e. The Morgan fingerprint density at radius 3 is 1.14 bits per heavy atom. The van der Waals surface area contributed by atoms with Gasteiger partial charge < -0.3 is 20.4 Å². The molecule has 0 aliphatic carbocycles. The molecule has 218 valence electrons. The number of hydrogen-bond donors (Lipinski definition) is 4. The van der Waals surface area contributed by atoms with Crippen molar-refractivity contribution in [2.75, 3.05) is 0 Å². The summed E-state index contributed by atoms with van der Waals surface area (Å²) >= 11 is 0. The molecule has 8 unspecified atom stereocenters. The topological polar surface area (TPSA) is 132 Å². The van der Waals surface area contributed by atoms with E-state index >= 15 is 0 Å². The second-order valence-electron chi connectivity index (χ2n) is 13.2. The van der Waals surface area contributed by atoms with Crippen LogP contribution in [0.2, 0.25) is 0 Å². The first-order valence-electron chi connectivity index (χ1n) is 14.1. The molecule has 4 N–H and O–H groups in total. The maximum atomic E-state index is 13.3. The first-order chi connectivity index (χ1) is 16.7. The Morgan fingerprint density at radius 1 is 0.568 bits per heavy atom. The van der Waals surface area contributed by atoms with Gasteiger partial charge in [-0.15, -0.1) is 0 Å². The van der Waals surface area contributed by atoms with E-state index in [9.17, 15) is 34.8 Å². The molecule has 0 radical (unpaired) electrons. The summed E-state index contributed by atoms with van der Waals surface area (Å²) < 4.78 is 0. The van der Waals surface area contributed by atoms with E-state index in [0.717, 1.165) is 0 Å². The van der Waals surface area contributed by atoms with Crippen LogP contribution in [-0.4, -0.2) is 43.9 Å². The molecule has 0 aromatic carbocycles. The average Bonchev–Trinajstić information content (AvgIpc) is 2.78. The lowest BCUT2D eigenvalue weighted by atomic mass is 9.55. The zero-order chi connectivity index (χ0) is 29.6. The van der Waals surface area contributed by atoms with Crippen LogP contribution in [0.3, 0.4) is 0 Å². The average molecular weight is 529 g/mol. The highest BCUT2D eigenvalue weighted by molar-refractivity contribution is 5.93. The van der Waals surface area contributed by atoms with Gasteiger partial charge in [0, 0.05) is 0 Å². The molecule has 37 heavy (non-hydrogen) atoms. The number of carboxylic acids is 3. The lowest BCUT2D eigenvalue weighted by molar-refractivity contribution is -0.212. The van der Waals surface area contributed by atoms with Crippen LogP contribution in [0.25, 0.3) is 0 Å². The van der Waals surface area contributed by atoms with Gasteiger partial charge in [0.25, 0.3) is 0 Å². The maximum absolute atomic E-state index is 13.3. The molecule has 0 aromatic heterocycles. The minimum atomic E-state index is -2.99. The van der Waals surface area contributed by atoms with Crippen LogP contribution in [0.5, 0.6) is 0 Å². The summed E-state index contributed by atoms with van der Waals surface area (Å²) in [6.07, 6.45) is -0.385. The Balaban J connectivity index is 7.25. The van der Waals surface area contributed by atoms with Crippen LogP contribution in [0.1, 0.15) is 102 Å². The predicted octanol–water partition coefficient (Wildman–Crippen LogP) is 6.53. The van der Waals surface area contributed by atoms with Crippen molar-refractivity contribution in [1.82, 2.24) is 0 Å². The van der Waals surface area contributed by atoms with Crippen LogP contribution in [0.15, 0.2) is 0 Å². The van der Waals surface area contributed by atoms with Gasteiger partial charge >= 0.3 is 17.9 Å². The monoisotopic (exact) mass is 528 g/mol. The molecule has 0 aliphatic heterocycles. The summed E-state index contributed by atoms with van der Waals surface area (Å²) in [5, 5.41) is 43.8. The Kier molecular flexibility index (Phi) is 13.3. The first-order valence-corrected chi connectivity index (χ1v) is 14.1. The van der Waals surface area contributed by atoms with Crippen molar-refractivity contribution in [3.8, 4) is 0 Å². The second kappa shape index (κ2) is 14.0. The molecule has 0 aliphatic rings. The van der Waals surface area contributed by atoms with Crippen LogP contribution in [0, 0.1) is 64.6 Å². The Labute approximate surface area is 225 Å². The minimum absolute atomic E-state index is 0.0396. The Morgan fingerprint density at radius 2 is 0.892 bits per heavy atom. The molecular formula is C30H56O7. The van der Waals surface area contributed by atoms with Crippen LogP contribution < -0.4 is 0 Å². The summed E-state index contributed by atoms with van der Waals surface area (Å²) in [7, 11) is 0. The molecule has 0 fully saturated rings. The molecule has 7 nitrogen and oxygen atoms in total. The van der Waals surface area contributed by atoms with Crippen molar-refractivity contribution in [3.63, 3.8) is 0 Å². The summed E-state index contributed by atoms with van der Waals surface area (Å²) in [6.45, 7) is 23.6. The van der Waals surface area contributed by atoms with Gasteiger partial charge in [0.2, 0.25) is 0 Å². The van der Waals surface area contributed by atoms with Crippen molar-refractivity contribution < 1.29 is 34.8 Å². The Hall–Kier alpha value is -1.63. The fourth-order valence-corrected chi connectivity index (χ4v) is 5.90. The normalized spacial score (nSPS) is 21.4. The van der Waals surface area contributed by atoms with Crippen molar-refractivity contribution in [2.24, 2.45) is 64.6 Å². The molecule has 0 aromatic rings. The summed E-state index contributed by atoms with van der Waals surface area (Å²) in [6, 6.07) is 0. The maximum Gasteiger partial charge on any atom is 0.337 e. The number of aliphatic hydroxyl groups is 1. The van der Waals surface area contributed by atoms with Gasteiger partial charge in [-0.05, 0) is 72.5 Å². The van der Waals surface area contributed by atoms with Gasteiger partial charge in [0.15, 0.2) is 5.60 Å². The molecule has 0 bridgehead atoms. The molecule has 0 rings (SSSR count). The number of carbonyl (C=O) groups is 3. The zero-order valence-corrected chi connectivity index (χ0v) is 25.4. The largest absolute Gasteiger partial charge is 0.481 e. The third kappa shape index (κ3) is 7.93. The van der Waals surface area contributed by atoms with Gasteiger partial charge in [-0.1, -0.05) is 83.1 Å². The SMILES string of the molecule is CC(C)C(C)C(C)CC(C(=O)O)C(O)(C(=O)O)C(CC(C)C(C)C(C)C)(CC(C)C(C)C(C)C)C(=O)O. The van der Waals surface area contributed by atoms with Crippen LogP contribution in [-0.2, 0) is 14.4 Å². The molecule has 0 spiro atoms. The second-order valence-corrected chi connectivity index (χ2v) is 13.2. The van der Waals surface area contributed by atoms with E-state index in [1.54, 1.807) is 0 Å². The van der Waals surface area contributed by atoms with E-state index < -0.39 is 34.8 Å². The van der Waals surface area contributed by atoms with Gasteiger partial charge in [0.1, 0.15) is 5.41 Å². The number of rotatable bonds is 17. The van der Waals surface area contributed by atoms with E-state index in [2.05, 4.69) is 0 Å². The van der Waals surface area contributed by atoms with Gasteiger partial charge in [-0.25, -0.2) is 4.79 Å². The van der Waals surface area contributed by atoms with Crippen molar-refractivity contribution in [2.45, 2.75) is 108 Å². The summed E-state index contributed by atoms with van der Waals surface area (Å²) in [5.41, 5.74) is -5.18. The molecule has 0 amide bonds. The van der Waals surface area contributed by atoms with Crippen molar-refractivity contribution >= 4 is 17.9 Å². The molecule has 0 heterocycles. The first kappa shape index (κ1) is 35.4. The standard InChI is InChI=1S/C30H56O7/c1-16(2)22(10)19(7)13-25(26(31)32)30(37,28(35)36)29(27(33)34,14-20(8)23(11)17(3)4)15-21(9)24(12)18(5)6/h16-25,37H,13-15H2,1-12H3,(H,31,32)(H,33,34)(H,35,36). The molecule has 7 heteroatoms. The molecule has 8 atom stereocenters. The molecule has 0 saturated heterocycles. The van der Waals surface area contributed by atoms with Crippen molar-refractivity contribution in [1.29, 1.82) is 0 Å². The third-order valence-corrected chi connectivity index (χ3v) is 10.1. The third-order valence-electron chi connectivity index (χ3n) is 10.1. The van der Waals surface area contributed by atoms with Gasteiger partial charge in [-0.3, -0.25) is 9.59 Å². The smallest absolute Gasteiger partial charge is 0.337 e. The number of aliphatic carboxylic acids is 3. The van der Waals surface area contributed by atoms with E-state index in [1.807, 2.05) is 83.1 Å². The molecule has 0 saturated carbocycles. The fraction of sp³-hybridized carbons (Fsp3) is 0.900. The van der Waals surface area contributed by atoms with Crippen LogP contribution >= 0.6 is 0 Å². The van der Waals surface area contributed by atoms with E-state index in [0.29, 0.717) is 0 Å². The number of hydrogen-bond acceptors (Lipinski definition) is 4. The highest BCUT2D eigenvalue weighted by atomic mass is 16.4. The Bertz CT molecular complexity index is 737. The summed E-state index contributed by atoms with van der Waals surface area (Å²) in [4.78, 5) is 39.0. The zero-order valence-electron chi connectivity index (χ0n) is 25.4. The van der Waals surface area contributed by atoms with Crippen molar-refractivity contribution in [3.05, 3.63) is 0 Å². The lowest BCUT2D eigenvalue weighted by Crippen LogP contribution is -2.65. The predicted molar refractivity (Wildman–Crippen MR) is 147 cm³/mol.